The Bertz CT molecular complexity index is 184. The van der Waals surface area contributed by atoms with Crippen LogP contribution in [0.25, 0.3) is 0 Å². The van der Waals surface area contributed by atoms with E-state index in [2.05, 4.69) is 37.7 Å². The maximum Gasteiger partial charge on any atom is 0.0682 e. The van der Waals surface area contributed by atoms with Gasteiger partial charge in [-0.2, -0.15) is 0 Å². The Balaban J connectivity index is 2.45. The van der Waals surface area contributed by atoms with Crippen molar-refractivity contribution < 1.29 is 5.11 Å². The number of likely N-dealkylation sites (tertiary alicyclic amines) is 1. The van der Waals surface area contributed by atoms with Crippen molar-refractivity contribution in [3.63, 3.8) is 0 Å². The third-order valence-electron chi connectivity index (χ3n) is 3.32. The van der Waals surface area contributed by atoms with Gasteiger partial charge in [0, 0.05) is 25.7 Å². The summed E-state index contributed by atoms with van der Waals surface area (Å²) in [5.41, 5.74) is 0. The van der Waals surface area contributed by atoms with Crippen LogP contribution in [0.1, 0.15) is 26.7 Å². The molecule has 0 aromatic carbocycles. The molecular formula is C12H26N2O. The van der Waals surface area contributed by atoms with Crippen LogP contribution in [0.15, 0.2) is 0 Å². The van der Waals surface area contributed by atoms with E-state index >= 15 is 0 Å². The van der Waals surface area contributed by atoms with Crippen molar-refractivity contribution in [2.24, 2.45) is 5.92 Å². The van der Waals surface area contributed by atoms with Crippen LogP contribution >= 0.6 is 0 Å². The van der Waals surface area contributed by atoms with Crippen molar-refractivity contribution in [3.05, 3.63) is 0 Å². The maximum absolute atomic E-state index is 9.71. The number of likely N-dealkylation sites (N-methyl/N-ethyl adjacent to an activating group) is 1. The van der Waals surface area contributed by atoms with Gasteiger partial charge in [0.1, 0.15) is 0 Å². The molecule has 1 aliphatic heterocycles. The molecule has 1 aliphatic rings. The van der Waals surface area contributed by atoms with Crippen molar-refractivity contribution in [1.29, 1.82) is 0 Å². The van der Waals surface area contributed by atoms with Crippen LogP contribution in [0.2, 0.25) is 0 Å². The van der Waals surface area contributed by atoms with Crippen LogP contribution in [0.4, 0.5) is 0 Å². The quantitative estimate of drug-likeness (QED) is 0.740. The van der Waals surface area contributed by atoms with E-state index in [-0.39, 0.29) is 6.10 Å². The van der Waals surface area contributed by atoms with E-state index in [1.807, 2.05) is 0 Å². The van der Waals surface area contributed by atoms with Crippen molar-refractivity contribution >= 4 is 0 Å². The molecule has 0 aromatic rings. The fourth-order valence-corrected chi connectivity index (χ4v) is 2.32. The molecular weight excluding hydrogens is 188 g/mol. The van der Waals surface area contributed by atoms with E-state index in [9.17, 15) is 5.11 Å². The molecule has 0 aliphatic carbocycles. The van der Waals surface area contributed by atoms with Gasteiger partial charge in [0.05, 0.1) is 6.10 Å². The second-order valence-electron chi connectivity index (χ2n) is 5.27. The van der Waals surface area contributed by atoms with E-state index in [4.69, 9.17) is 0 Å². The van der Waals surface area contributed by atoms with Gasteiger partial charge in [-0.15, -0.1) is 0 Å². The highest BCUT2D eigenvalue weighted by molar-refractivity contribution is 4.87. The molecule has 0 amide bonds. The highest BCUT2D eigenvalue weighted by Gasteiger charge is 2.31. The molecule has 0 spiro atoms. The normalized spacial score (nSPS) is 30.0. The summed E-state index contributed by atoms with van der Waals surface area (Å²) < 4.78 is 0. The van der Waals surface area contributed by atoms with E-state index in [0.29, 0.717) is 6.04 Å². The number of β-amino-alcohol motifs (C(OH)–C–C–N with tert-alkyl or cyclic N) is 1. The standard InChI is InChI=1S/C12H26N2O/c1-5-10(2)7-14-9-12(15)6-11(14)8-13(3)4/h10-12,15H,5-9H2,1-4H3. The van der Waals surface area contributed by atoms with Crippen LogP contribution in [0.5, 0.6) is 0 Å². The lowest BCUT2D eigenvalue weighted by Crippen LogP contribution is -2.39. The largest absolute Gasteiger partial charge is 0.392 e. The number of aliphatic hydroxyl groups excluding tert-OH is 1. The number of aliphatic hydroxyl groups is 1. The van der Waals surface area contributed by atoms with Crippen LogP contribution in [-0.2, 0) is 0 Å². The topological polar surface area (TPSA) is 26.7 Å². The number of hydrogen-bond acceptors (Lipinski definition) is 3. The predicted octanol–water partition coefficient (Wildman–Crippen LogP) is 1.03. The molecule has 1 rings (SSSR count). The molecule has 1 heterocycles. The van der Waals surface area contributed by atoms with Gasteiger partial charge in [-0.1, -0.05) is 20.3 Å². The molecule has 3 unspecified atom stereocenters. The average molecular weight is 214 g/mol. The average Bonchev–Trinajstić information content (AvgIpc) is 2.45. The second-order valence-corrected chi connectivity index (χ2v) is 5.27. The fourth-order valence-electron chi connectivity index (χ4n) is 2.32. The Kier molecular flexibility index (Phi) is 5.03. The summed E-state index contributed by atoms with van der Waals surface area (Å²) in [5.74, 6) is 0.736. The first-order valence-electron chi connectivity index (χ1n) is 6.09. The van der Waals surface area contributed by atoms with E-state index in [1.165, 1.54) is 6.42 Å². The summed E-state index contributed by atoms with van der Waals surface area (Å²) in [5, 5.41) is 9.71. The lowest BCUT2D eigenvalue weighted by Gasteiger charge is -2.28. The minimum atomic E-state index is -0.112. The Morgan fingerprint density at radius 3 is 2.67 bits per heavy atom. The lowest BCUT2D eigenvalue weighted by atomic mass is 10.1. The Morgan fingerprint density at radius 1 is 1.47 bits per heavy atom. The number of rotatable bonds is 5. The van der Waals surface area contributed by atoms with Crippen LogP contribution in [0, 0.1) is 5.92 Å². The fraction of sp³-hybridized carbons (Fsp3) is 1.00. The monoisotopic (exact) mass is 214 g/mol. The molecule has 15 heavy (non-hydrogen) atoms. The summed E-state index contributed by atoms with van der Waals surface area (Å²) in [6, 6.07) is 0.545. The third-order valence-corrected chi connectivity index (χ3v) is 3.32. The van der Waals surface area contributed by atoms with Gasteiger partial charge in [-0.05, 0) is 26.4 Å². The summed E-state index contributed by atoms with van der Waals surface area (Å²) >= 11 is 0. The molecule has 90 valence electrons. The van der Waals surface area contributed by atoms with E-state index in [1.54, 1.807) is 0 Å². The van der Waals surface area contributed by atoms with Crippen molar-refractivity contribution in [2.45, 2.75) is 38.8 Å². The summed E-state index contributed by atoms with van der Waals surface area (Å²) in [4.78, 5) is 4.67. The van der Waals surface area contributed by atoms with Crippen molar-refractivity contribution in [3.8, 4) is 0 Å². The van der Waals surface area contributed by atoms with E-state index < -0.39 is 0 Å². The Labute approximate surface area is 94.1 Å². The molecule has 0 saturated carbocycles. The molecule has 3 nitrogen and oxygen atoms in total. The first-order valence-corrected chi connectivity index (χ1v) is 6.09. The molecule has 1 fully saturated rings. The van der Waals surface area contributed by atoms with Gasteiger partial charge in [0.2, 0.25) is 0 Å². The predicted molar refractivity (Wildman–Crippen MR) is 64.0 cm³/mol. The smallest absolute Gasteiger partial charge is 0.0682 e. The highest BCUT2D eigenvalue weighted by atomic mass is 16.3. The van der Waals surface area contributed by atoms with Crippen LogP contribution in [-0.4, -0.2) is 60.8 Å². The summed E-state index contributed by atoms with van der Waals surface area (Å²) in [7, 11) is 4.21. The lowest BCUT2D eigenvalue weighted by molar-refractivity contribution is 0.161. The SMILES string of the molecule is CCC(C)CN1CC(O)CC1CN(C)C. The zero-order valence-corrected chi connectivity index (χ0v) is 10.6. The second kappa shape index (κ2) is 5.83. The molecule has 0 aromatic heterocycles. The first kappa shape index (κ1) is 12.9. The Hall–Kier alpha value is -0.120. The minimum Gasteiger partial charge on any atom is -0.392 e. The summed E-state index contributed by atoms with van der Waals surface area (Å²) in [6.45, 7) is 7.58. The van der Waals surface area contributed by atoms with Gasteiger partial charge < -0.3 is 10.0 Å². The van der Waals surface area contributed by atoms with Crippen molar-refractivity contribution in [1.82, 2.24) is 9.80 Å². The van der Waals surface area contributed by atoms with Gasteiger partial charge in [0.15, 0.2) is 0 Å². The number of nitrogens with zero attached hydrogens (tertiary/aromatic N) is 2. The zero-order chi connectivity index (χ0) is 11.4. The summed E-state index contributed by atoms with van der Waals surface area (Å²) in [6.07, 6.45) is 2.05. The minimum absolute atomic E-state index is 0.112. The molecule has 3 atom stereocenters. The van der Waals surface area contributed by atoms with Crippen LogP contribution in [0.3, 0.4) is 0 Å². The van der Waals surface area contributed by atoms with Gasteiger partial charge in [0.25, 0.3) is 0 Å². The molecule has 0 bridgehead atoms. The van der Waals surface area contributed by atoms with Gasteiger partial charge in [-0.3, -0.25) is 4.90 Å². The molecule has 0 radical (unpaired) electrons. The highest BCUT2D eigenvalue weighted by Crippen LogP contribution is 2.20. The van der Waals surface area contributed by atoms with Crippen LogP contribution < -0.4 is 0 Å². The molecule has 1 N–H and O–H groups in total. The Morgan fingerprint density at radius 2 is 2.13 bits per heavy atom. The van der Waals surface area contributed by atoms with Gasteiger partial charge in [-0.25, -0.2) is 0 Å². The number of hydrogen-bond donors (Lipinski definition) is 1. The maximum atomic E-state index is 9.71. The molecule has 3 heteroatoms. The van der Waals surface area contributed by atoms with Crippen molar-refractivity contribution in [2.75, 3.05) is 33.7 Å². The first-order chi connectivity index (χ1) is 7.02. The third kappa shape index (κ3) is 4.09. The molecule has 1 saturated heterocycles. The van der Waals surface area contributed by atoms with E-state index in [0.717, 1.165) is 32.0 Å². The zero-order valence-electron chi connectivity index (χ0n) is 10.6. The van der Waals surface area contributed by atoms with Gasteiger partial charge >= 0.3 is 0 Å².